The molecule has 2 aromatic carbocycles. The summed E-state index contributed by atoms with van der Waals surface area (Å²) in [5, 5.41) is 25.0. The molecule has 0 aliphatic rings. The van der Waals surface area contributed by atoms with Crippen LogP contribution in [0.25, 0.3) is 0 Å². The fourth-order valence-corrected chi connectivity index (χ4v) is 2.37. The van der Waals surface area contributed by atoms with Crippen molar-refractivity contribution in [3.05, 3.63) is 69.8 Å². The summed E-state index contributed by atoms with van der Waals surface area (Å²) in [5.41, 5.74) is 1.03. The number of hydrogen-bond acceptors (Lipinski definition) is 5. The van der Waals surface area contributed by atoms with Crippen molar-refractivity contribution in [2.75, 3.05) is 5.32 Å². The summed E-state index contributed by atoms with van der Waals surface area (Å²) in [7, 11) is 0. The molecule has 0 fully saturated rings. The van der Waals surface area contributed by atoms with Gasteiger partial charge in [-0.05, 0) is 23.8 Å². The zero-order valence-electron chi connectivity index (χ0n) is 14.3. The van der Waals surface area contributed by atoms with E-state index in [1.54, 1.807) is 12.1 Å². The molecule has 27 heavy (non-hydrogen) atoms. The molecular formula is C18H17N3O6. The molecule has 9 nitrogen and oxygen atoms in total. The minimum atomic E-state index is -1.24. The highest BCUT2D eigenvalue weighted by atomic mass is 16.6. The van der Waals surface area contributed by atoms with E-state index in [9.17, 15) is 29.6 Å². The van der Waals surface area contributed by atoms with Gasteiger partial charge in [0.05, 0.1) is 4.92 Å². The van der Waals surface area contributed by atoms with Gasteiger partial charge in [-0.15, -0.1) is 0 Å². The second-order valence-corrected chi connectivity index (χ2v) is 5.75. The van der Waals surface area contributed by atoms with Crippen LogP contribution in [0.4, 0.5) is 11.4 Å². The standard InChI is InChI=1S/C18H17N3O6/c1-11(22)19-14-4-2-3-13(10-14)17(23)20-16(18(24)25)9-12-5-7-15(8-6-12)21(26)27/h2-8,10,16H,9H2,1H3,(H,19,22)(H,20,23)(H,24,25)/t16-/m1/s1. The van der Waals surface area contributed by atoms with E-state index in [-0.39, 0.29) is 23.6 Å². The molecule has 0 spiro atoms. The molecule has 0 saturated heterocycles. The van der Waals surface area contributed by atoms with Crippen LogP contribution < -0.4 is 10.6 Å². The smallest absolute Gasteiger partial charge is 0.326 e. The van der Waals surface area contributed by atoms with E-state index >= 15 is 0 Å². The average Bonchev–Trinajstić information content (AvgIpc) is 2.61. The van der Waals surface area contributed by atoms with Gasteiger partial charge in [0.15, 0.2) is 0 Å². The highest BCUT2D eigenvalue weighted by molar-refractivity contribution is 5.98. The molecule has 0 radical (unpaired) electrons. The molecule has 0 heterocycles. The van der Waals surface area contributed by atoms with Crippen LogP contribution in [0.2, 0.25) is 0 Å². The zero-order valence-corrected chi connectivity index (χ0v) is 14.3. The summed E-state index contributed by atoms with van der Waals surface area (Å²) in [5.74, 6) is -2.15. The van der Waals surface area contributed by atoms with Crippen LogP contribution in [0, 0.1) is 10.1 Å². The van der Waals surface area contributed by atoms with Gasteiger partial charge >= 0.3 is 5.97 Å². The lowest BCUT2D eigenvalue weighted by Gasteiger charge is -2.15. The number of aliphatic carboxylic acids is 1. The van der Waals surface area contributed by atoms with Crippen LogP contribution >= 0.6 is 0 Å². The Labute approximate surface area is 154 Å². The number of nitro groups is 1. The van der Waals surface area contributed by atoms with E-state index in [2.05, 4.69) is 10.6 Å². The lowest BCUT2D eigenvalue weighted by Crippen LogP contribution is -2.42. The van der Waals surface area contributed by atoms with Gasteiger partial charge in [0.25, 0.3) is 11.6 Å². The molecule has 0 unspecified atom stereocenters. The summed E-state index contributed by atoms with van der Waals surface area (Å²) in [6.45, 7) is 1.33. The Kier molecular flexibility index (Phi) is 6.21. The normalized spacial score (nSPS) is 11.3. The predicted octanol–water partition coefficient (Wildman–Crippen LogP) is 1.98. The number of amides is 2. The number of nitrogens with zero attached hydrogens (tertiary/aromatic N) is 1. The van der Waals surface area contributed by atoms with Crippen LogP contribution in [0.15, 0.2) is 48.5 Å². The van der Waals surface area contributed by atoms with E-state index in [0.29, 0.717) is 11.3 Å². The van der Waals surface area contributed by atoms with E-state index in [0.717, 1.165) is 0 Å². The summed E-state index contributed by atoms with van der Waals surface area (Å²) in [4.78, 5) is 45.0. The third kappa shape index (κ3) is 5.63. The minimum absolute atomic E-state index is 0.0372. The number of nitrogens with one attached hydrogen (secondary N) is 2. The van der Waals surface area contributed by atoms with Crippen molar-refractivity contribution in [3.8, 4) is 0 Å². The van der Waals surface area contributed by atoms with Gasteiger partial charge in [-0.2, -0.15) is 0 Å². The first kappa shape index (κ1) is 19.6. The Morgan fingerprint density at radius 3 is 2.37 bits per heavy atom. The van der Waals surface area contributed by atoms with Crippen LogP contribution in [0.3, 0.4) is 0 Å². The molecule has 0 aromatic heterocycles. The molecule has 0 saturated carbocycles. The summed E-state index contributed by atoms with van der Waals surface area (Å²) >= 11 is 0. The second-order valence-electron chi connectivity index (χ2n) is 5.75. The highest BCUT2D eigenvalue weighted by Gasteiger charge is 2.21. The number of anilines is 1. The third-order valence-electron chi connectivity index (χ3n) is 3.64. The van der Waals surface area contributed by atoms with Crippen LogP contribution in [0.1, 0.15) is 22.8 Å². The van der Waals surface area contributed by atoms with Gasteiger partial charge in [0, 0.05) is 36.7 Å². The number of nitro benzene ring substituents is 1. The lowest BCUT2D eigenvalue weighted by molar-refractivity contribution is -0.384. The van der Waals surface area contributed by atoms with Gasteiger partial charge in [-0.1, -0.05) is 18.2 Å². The molecule has 0 aliphatic heterocycles. The van der Waals surface area contributed by atoms with Crippen molar-refractivity contribution in [2.45, 2.75) is 19.4 Å². The maximum atomic E-state index is 12.4. The maximum absolute atomic E-state index is 12.4. The molecule has 140 valence electrons. The number of rotatable bonds is 7. The van der Waals surface area contributed by atoms with Crippen molar-refractivity contribution >= 4 is 29.2 Å². The fraction of sp³-hybridized carbons (Fsp3) is 0.167. The summed E-state index contributed by atoms with van der Waals surface area (Å²) < 4.78 is 0. The lowest BCUT2D eigenvalue weighted by atomic mass is 10.0. The molecule has 9 heteroatoms. The predicted molar refractivity (Wildman–Crippen MR) is 96.4 cm³/mol. The molecule has 2 amide bonds. The van der Waals surface area contributed by atoms with E-state index in [1.165, 1.54) is 43.3 Å². The van der Waals surface area contributed by atoms with Gasteiger partial charge in [0.1, 0.15) is 6.04 Å². The van der Waals surface area contributed by atoms with Crippen molar-refractivity contribution in [1.29, 1.82) is 0 Å². The summed E-state index contributed by atoms with van der Waals surface area (Å²) in [6, 6.07) is 10.3. The molecule has 3 N–H and O–H groups in total. The van der Waals surface area contributed by atoms with Gasteiger partial charge in [0.2, 0.25) is 5.91 Å². The minimum Gasteiger partial charge on any atom is -0.480 e. The molecular weight excluding hydrogens is 354 g/mol. The first-order chi connectivity index (χ1) is 12.8. The Morgan fingerprint density at radius 1 is 1.15 bits per heavy atom. The number of carboxylic acids is 1. The topological polar surface area (TPSA) is 139 Å². The Morgan fingerprint density at radius 2 is 1.81 bits per heavy atom. The SMILES string of the molecule is CC(=O)Nc1cccc(C(=O)N[C@H](Cc2ccc([N+](=O)[O-])cc2)C(=O)O)c1. The van der Waals surface area contributed by atoms with Crippen molar-refractivity contribution < 1.29 is 24.4 Å². The van der Waals surface area contributed by atoms with E-state index in [1.807, 2.05) is 0 Å². The van der Waals surface area contributed by atoms with E-state index < -0.39 is 22.8 Å². The number of non-ortho nitro benzene ring substituents is 1. The molecule has 2 aromatic rings. The number of carbonyl (C=O) groups excluding carboxylic acids is 2. The Balaban J connectivity index is 2.11. The van der Waals surface area contributed by atoms with Crippen LogP contribution in [-0.2, 0) is 16.0 Å². The molecule has 1 atom stereocenters. The number of hydrogen-bond donors (Lipinski definition) is 3. The zero-order chi connectivity index (χ0) is 20.0. The van der Waals surface area contributed by atoms with Crippen molar-refractivity contribution in [3.63, 3.8) is 0 Å². The fourth-order valence-electron chi connectivity index (χ4n) is 2.37. The summed E-state index contributed by atoms with van der Waals surface area (Å²) in [6.07, 6.45) is -0.0372. The first-order valence-corrected chi connectivity index (χ1v) is 7.91. The first-order valence-electron chi connectivity index (χ1n) is 7.91. The number of carbonyl (C=O) groups is 3. The number of carboxylic acid groups (broad SMARTS) is 1. The van der Waals surface area contributed by atoms with E-state index in [4.69, 9.17) is 0 Å². The molecule has 2 rings (SSSR count). The highest BCUT2D eigenvalue weighted by Crippen LogP contribution is 2.14. The Hall–Kier alpha value is -3.75. The van der Waals surface area contributed by atoms with Gasteiger partial charge in [-0.3, -0.25) is 19.7 Å². The van der Waals surface area contributed by atoms with Crippen molar-refractivity contribution in [2.24, 2.45) is 0 Å². The largest absolute Gasteiger partial charge is 0.480 e. The van der Waals surface area contributed by atoms with Gasteiger partial charge in [-0.25, -0.2) is 4.79 Å². The Bertz CT molecular complexity index is 879. The van der Waals surface area contributed by atoms with Gasteiger partial charge < -0.3 is 15.7 Å². The van der Waals surface area contributed by atoms with Crippen molar-refractivity contribution in [1.82, 2.24) is 5.32 Å². The number of benzene rings is 2. The maximum Gasteiger partial charge on any atom is 0.326 e. The monoisotopic (exact) mass is 371 g/mol. The quantitative estimate of drug-likeness (QED) is 0.502. The average molecular weight is 371 g/mol. The molecule has 0 aliphatic carbocycles. The second kappa shape index (κ2) is 8.56. The van der Waals surface area contributed by atoms with Crippen LogP contribution in [0.5, 0.6) is 0 Å². The third-order valence-corrected chi connectivity index (χ3v) is 3.64. The molecule has 0 bridgehead atoms. The van der Waals surface area contributed by atoms with Crippen LogP contribution in [-0.4, -0.2) is 33.9 Å².